The standard InChI is InChI=1S/3C9H24NSi2.La/c3*1-9(2,3)12(7,8)10-11(4,5)6;/h3*1-8H3;/q3*-1;+3. The van der Waals surface area contributed by atoms with Gasteiger partial charge < -0.3 is 13.9 Å². The quantitative estimate of drug-likeness (QED) is 0.243. The fourth-order valence-electron chi connectivity index (χ4n) is 3.02. The van der Waals surface area contributed by atoms with Crippen LogP contribution in [0.1, 0.15) is 62.3 Å². The summed E-state index contributed by atoms with van der Waals surface area (Å²) >= 11 is 0. The number of rotatable bonds is 6. The second kappa shape index (κ2) is 15.2. The Labute approximate surface area is 272 Å². The Morgan fingerprint density at radius 3 is 0.432 bits per heavy atom. The van der Waals surface area contributed by atoms with Crippen molar-refractivity contribution in [1.82, 2.24) is 0 Å². The van der Waals surface area contributed by atoms with Crippen molar-refractivity contribution in [2.45, 2.75) is 176 Å². The van der Waals surface area contributed by atoms with Crippen LogP contribution in [0.5, 0.6) is 0 Å². The molecule has 0 aliphatic carbocycles. The van der Waals surface area contributed by atoms with Crippen molar-refractivity contribution in [2.24, 2.45) is 0 Å². The van der Waals surface area contributed by atoms with E-state index in [0.29, 0.717) is 15.1 Å². The van der Waals surface area contributed by atoms with Crippen LogP contribution in [-0.2, 0) is 0 Å². The van der Waals surface area contributed by atoms with Gasteiger partial charge in [0.2, 0.25) is 0 Å². The summed E-state index contributed by atoms with van der Waals surface area (Å²) in [6.07, 6.45) is 0. The molecule has 0 atom stereocenters. The predicted molar refractivity (Wildman–Crippen MR) is 192 cm³/mol. The minimum absolute atomic E-state index is 0. The molecule has 222 valence electrons. The third-order valence-electron chi connectivity index (χ3n) is 7.35. The van der Waals surface area contributed by atoms with E-state index in [2.05, 4.69) is 161 Å². The van der Waals surface area contributed by atoms with Gasteiger partial charge in [-0.1, -0.05) is 225 Å². The van der Waals surface area contributed by atoms with E-state index in [1.54, 1.807) is 0 Å². The van der Waals surface area contributed by atoms with Gasteiger partial charge in [0.15, 0.2) is 0 Å². The second-order valence-corrected chi connectivity index (χ2v) is 47.8. The summed E-state index contributed by atoms with van der Waals surface area (Å²) in [7, 11) is -7.71. The van der Waals surface area contributed by atoms with Crippen molar-refractivity contribution in [3.8, 4) is 0 Å². The number of nitrogens with zero attached hydrogens (tertiary/aromatic N) is 3. The van der Waals surface area contributed by atoms with E-state index < -0.39 is 49.4 Å². The molecule has 0 bridgehead atoms. The minimum atomic E-state index is -1.35. The van der Waals surface area contributed by atoms with E-state index in [1.807, 2.05) is 0 Å². The topological polar surface area (TPSA) is 42.3 Å². The SMILES string of the molecule is CC(C)(C)[Si](C)(C)[N-][Si](C)(C)C.CC(C)(C)[Si](C)(C)[N-][Si](C)(C)C.CC(C)(C)[Si](C)(C)[N-][Si](C)(C)C.[La+3]. The first-order chi connectivity index (χ1) is 14.9. The molecule has 0 radical (unpaired) electrons. The third-order valence-corrected chi connectivity index (χ3v) is 33.1. The van der Waals surface area contributed by atoms with Crippen molar-refractivity contribution in [2.75, 3.05) is 0 Å². The Morgan fingerprint density at radius 2 is 0.405 bits per heavy atom. The van der Waals surface area contributed by atoms with Crippen LogP contribution in [0.2, 0.25) is 113 Å². The van der Waals surface area contributed by atoms with Crippen molar-refractivity contribution < 1.29 is 35.6 Å². The molecule has 0 saturated heterocycles. The number of hydrogen-bond acceptors (Lipinski definition) is 0. The summed E-state index contributed by atoms with van der Waals surface area (Å²) in [5.41, 5.74) is 0. The first-order valence-electron chi connectivity index (χ1n) is 14.1. The molecular weight excluding hydrogens is 674 g/mol. The maximum Gasteiger partial charge on any atom is 3.00 e. The average molecular weight is 746 g/mol. The molecule has 0 saturated carbocycles. The first-order valence-corrected chi connectivity index (χ1v) is 33.3. The fourth-order valence-corrected chi connectivity index (χ4v) is 27.2. The van der Waals surface area contributed by atoms with Crippen LogP contribution >= 0.6 is 0 Å². The average Bonchev–Trinajstić information content (AvgIpc) is 2.36. The van der Waals surface area contributed by atoms with Crippen molar-refractivity contribution >= 4 is 49.4 Å². The molecule has 0 rings (SSSR count). The summed E-state index contributed by atoms with van der Waals surface area (Å²) < 4.78 is 15.3. The molecule has 0 fully saturated rings. The van der Waals surface area contributed by atoms with Crippen LogP contribution in [0.25, 0.3) is 13.9 Å². The Morgan fingerprint density at radius 1 is 0.297 bits per heavy atom. The van der Waals surface area contributed by atoms with Crippen LogP contribution in [0.15, 0.2) is 0 Å². The van der Waals surface area contributed by atoms with E-state index >= 15 is 0 Å². The Balaban J connectivity index is -0.000000218. The Hall–Kier alpha value is 2.38. The minimum Gasteiger partial charge on any atom is -0.667 e. The van der Waals surface area contributed by atoms with Crippen molar-refractivity contribution in [1.29, 1.82) is 0 Å². The molecular formula is C27H72LaN3Si6. The van der Waals surface area contributed by atoms with E-state index in [0.717, 1.165) is 0 Å². The van der Waals surface area contributed by atoms with Gasteiger partial charge in [-0.25, -0.2) is 0 Å². The maximum absolute atomic E-state index is 5.09. The van der Waals surface area contributed by atoms with E-state index in [1.165, 1.54) is 0 Å². The first kappa shape index (κ1) is 46.3. The van der Waals surface area contributed by atoms with Gasteiger partial charge >= 0.3 is 35.6 Å². The monoisotopic (exact) mass is 745 g/mol. The second-order valence-electron chi connectivity index (χ2n) is 18.3. The van der Waals surface area contributed by atoms with E-state index in [-0.39, 0.29) is 35.6 Å². The molecule has 0 N–H and O–H groups in total. The molecule has 0 spiro atoms. The van der Waals surface area contributed by atoms with Gasteiger partial charge in [-0.05, 0) is 0 Å². The van der Waals surface area contributed by atoms with Gasteiger partial charge in [-0.15, -0.1) is 0 Å². The van der Waals surface area contributed by atoms with Gasteiger partial charge in [0.25, 0.3) is 0 Å². The molecule has 10 heteroatoms. The smallest absolute Gasteiger partial charge is 0.667 e. The zero-order chi connectivity index (χ0) is 30.6. The van der Waals surface area contributed by atoms with Gasteiger partial charge in [0, 0.05) is 0 Å². The number of hydrogen-bond donors (Lipinski definition) is 0. The molecule has 37 heavy (non-hydrogen) atoms. The molecule has 0 aliphatic heterocycles. The predicted octanol–water partition coefficient (Wildman–Crippen LogP) is 12.6. The fraction of sp³-hybridized carbons (Fsp3) is 1.00. The van der Waals surface area contributed by atoms with Crippen LogP contribution in [0.3, 0.4) is 0 Å². The normalized spacial score (nSPS) is 14.6. The molecule has 0 amide bonds. The maximum atomic E-state index is 5.09. The molecule has 0 aromatic heterocycles. The molecule has 0 heterocycles. The van der Waals surface area contributed by atoms with Crippen LogP contribution in [0.4, 0.5) is 0 Å². The molecule has 3 nitrogen and oxygen atoms in total. The van der Waals surface area contributed by atoms with E-state index in [4.69, 9.17) is 13.9 Å². The van der Waals surface area contributed by atoms with Gasteiger partial charge in [0.1, 0.15) is 0 Å². The molecule has 0 unspecified atom stereocenters. The van der Waals surface area contributed by atoms with Crippen molar-refractivity contribution in [3.63, 3.8) is 0 Å². The van der Waals surface area contributed by atoms with Crippen molar-refractivity contribution in [3.05, 3.63) is 13.9 Å². The van der Waals surface area contributed by atoms with E-state index in [9.17, 15) is 0 Å². The Bertz CT molecular complexity index is 550. The summed E-state index contributed by atoms with van der Waals surface area (Å²) in [5.74, 6) is 0. The van der Waals surface area contributed by atoms with Crippen LogP contribution in [0, 0.1) is 35.6 Å². The summed E-state index contributed by atoms with van der Waals surface area (Å²) in [6, 6.07) is 0. The Kier molecular flexibility index (Phi) is 19.0. The van der Waals surface area contributed by atoms with Gasteiger partial charge in [-0.2, -0.15) is 0 Å². The zero-order valence-corrected chi connectivity index (χ0v) is 40.0. The zero-order valence-electron chi connectivity index (χ0n) is 30.4. The van der Waals surface area contributed by atoms with Crippen LogP contribution < -0.4 is 0 Å². The molecule has 0 aromatic rings. The molecule has 0 aromatic carbocycles. The molecule has 0 aliphatic rings. The largest absolute Gasteiger partial charge is 3.00 e. The summed E-state index contributed by atoms with van der Waals surface area (Å²) in [5, 5.41) is 1.23. The third kappa shape index (κ3) is 22.6. The summed E-state index contributed by atoms with van der Waals surface area (Å²) in [6.45, 7) is 56.1. The van der Waals surface area contributed by atoms with Gasteiger partial charge in [-0.3, -0.25) is 0 Å². The van der Waals surface area contributed by atoms with Gasteiger partial charge in [0.05, 0.1) is 0 Å². The van der Waals surface area contributed by atoms with Crippen LogP contribution in [-0.4, -0.2) is 49.4 Å². The summed E-state index contributed by atoms with van der Waals surface area (Å²) in [4.78, 5) is 0.